The summed E-state index contributed by atoms with van der Waals surface area (Å²) < 4.78 is 37.7. The van der Waals surface area contributed by atoms with Crippen molar-refractivity contribution in [2.24, 2.45) is 5.73 Å². The standard InChI is InChI=1S/C13H15F3N2O.ClH/c14-13(15,16)10-3-1-2-9(8-10)12(19)18-6-4-11(17)5-7-18;/h1-3,8,11H,4-7,17H2;1H. The molecule has 20 heavy (non-hydrogen) atoms. The molecule has 1 aromatic rings. The Bertz CT molecular complexity index is 471. The Labute approximate surface area is 121 Å². The first kappa shape index (κ1) is 16.8. The molecule has 2 rings (SSSR count). The lowest BCUT2D eigenvalue weighted by atomic mass is 10.0. The number of amides is 1. The van der Waals surface area contributed by atoms with Crippen molar-refractivity contribution in [1.82, 2.24) is 4.90 Å². The molecule has 7 heteroatoms. The maximum Gasteiger partial charge on any atom is 0.416 e. The first-order valence-electron chi connectivity index (χ1n) is 6.10. The molecule has 0 unspecified atom stereocenters. The summed E-state index contributed by atoms with van der Waals surface area (Å²) in [7, 11) is 0. The maximum absolute atomic E-state index is 12.6. The van der Waals surface area contributed by atoms with Crippen LogP contribution in [0.15, 0.2) is 24.3 Å². The molecule has 0 atom stereocenters. The quantitative estimate of drug-likeness (QED) is 0.867. The molecule has 1 heterocycles. The van der Waals surface area contributed by atoms with Crippen LogP contribution >= 0.6 is 12.4 Å². The Kier molecular flexibility index (Phi) is 5.42. The van der Waals surface area contributed by atoms with E-state index in [-0.39, 0.29) is 29.9 Å². The molecule has 3 nitrogen and oxygen atoms in total. The molecule has 1 saturated heterocycles. The molecule has 1 aromatic carbocycles. The number of likely N-dealkylation sites (tertiary alicyclic amines) is 1. The van der Waals surface area contributed by atoms with E-state index in [2.05, 4.69) is 0 Å². The third-order valence-corrected chi connectivity index (χ3v) is 3.26. The topological polar surface area (TPSA) is 46.3 Å². The van der Waals surface area contributed by atoms with Crippen molar-refractivity contribution < 1.29 is 18.0 Å². The third kappa shape index (κ3) is 3.86. The van der Waals surface area contributed by atoms with Gasteiger partial charge in [0.1, 0.15) is 0 Å². The number of nitrogens with zero attached hydrogens (tertiary/aromatic N) is 1. The molecule has 0 aromatic heterocycles. The molecule has 1 aliphatic heterocycles. The zero-order valence-corrected chi connectivity index (χ0v) is 11.5. The molecule has 1 amide bonds. The van der Waals surface area contributed by atoms with Gasteiger partial charge in [0.05, 0.1) is 5.56 Å². The van der Waals surface area contributed by atoms with Gasteiger partial charge >= 0.3 is 6.18 Å². The number of carbonyl (C=O) groups is 1. The fraction of sp³-hybridized carbons (Fsp3) is 0.462. The predicted molar refractivity (Wildman–Crippen MR) is 71.8 cm³/mol. The highest BCUT2D eigenvalue weighted by atomic mass is 35.5. The van der Waals surface area contributed by atoms with Crippen molar-refractivity contribution in [3.8, 4) is 0 Å². The molecular formula is C13H16ClF3N2O. The summed E-state index contributed by atoms with van der Waals surface area (Å²) in [6.45, 7) is 0.993. The van der Waals surface area contributed by atoms with Crippen molar-refractivity contribution in [1.29, 1.82) is 0 Å². The van der Waals surface area contributed by atoms with Crippen LogP contribution in [0.4, 0.5) is 13.2 Å². The molecule has 0 radical (unpaired) electrons. The van der Waals surface area contributed by atoms with Crippen molar-refractivity contribution in [3.05, 3.63) is 35.4 Å². The van der Waals surface area contributed by atoms with E-state index in [9.17, 15) is 18.0 Å². The fourth-order valence-corrected chi connectivity index (χ4v) is 2.11. The van der Waals surface area contributed by atoms with Gasteiger partial charge in [0.2, 0.25) is 0 Å². The maximum atomic E-state index is 12.6. The van der Waals surface area contributed by atoms with Crippen LogP contribution < -0.4 is 5.73 Å². The summed E-state index contributed by atoms with van der Waals surface area (Å²) in [6.07, 6.45) is -3.06. The Morgan fingerprint density at radius 2 is 1.85 bits per heavy atom. The third-order valence-electron chi connectivity index (χ3n) is 3.26. The highest BCUT2D eigenvalue weighted by Crippen LogP contribution is 2.29. The Hall–Kier alpha value is -1.27. The van der Waals surface area contributed by atoms with Gasteiger partial charge in [0.25, 0.3) is 5.91 Å². The van der Waals surface area contributed by atoms with E-state index in [4.69, 9.17) is 5.73 Å². The van der Waals surface area contributed by atoms with Gasteiger partial charge in [-0.2, -0.15) is 13.2 Å². The van der Waals surface area contributed by atoms with Crippen molar-refractivity contribution in [2.75, 3.05) is 13.1 Å². The van der Waals surface area contributed by atoms with Gasteiger partial charge in [0.15, 0.2) is 0 Å². The predicted octanol–water partition coefficient (Wildman–Crippen LogP) is 2.69. The van der Waals surface area contributed by atoms with E-state index in [0.717, 1.165) is 12.1 Å². The zero-order valence-electron chi connectivity index (χ0n) is 10.7. The van der Waals surface area contributed by atoms with Gasteiger partial charge < -0.3 is 10.6 Å². The largest absolute Gasteiger partial charge is 0.416 e. The number of hydrogen-bond acceptors (Lipinski definition) is 2. The lowest BCUT2D eigenvalue weighted by molar-refractivity contribution is -0.137. The van der Waals surface area contributed by atoms with Gasteiger partial charge in [0, 0.05) is 24.7 Å². The van der Waals surface area contributed by atoms with Crippen LogP contribution in [-0.2, 0) is 6.18 Å². The van der Waals surface area contributed by atoms with Crippen molar-refractivity contribution >= 4 is 18.3 Å². The minimum Gasteiger partial charge on any atom is -0.339 e. The van der Waals surface area contributed by atoms with E-state index >= 15 is 0 Å². The Morgan fingerprint density at radius 3 is 2.40 bits per heavy atom. The minimum atomic E-state index is -4.43. The Morgan fingerprint density at radius 1 is 1.25 bits per heavy atom. The van der Waals surface area contributed by atoms with Gasteiger partial charge in [-0.15, -0.1) is 12.4 Å². The molecule has 1 fully saturated rings. The van der Waals surface area contributed by atoms with E-state index in [1.165, 1.54) is 12.1 Å². The van der Waals surface area contributed by atoms with Crippen LogP contribution in [0.5, 0.6) is 0 Å². The van der Waals surface area contributed by atoms with E-state index in [1.807, 2.05) is 0 Å². The number of piperidine rings is 1. The van der Waals surface area contributed by atoms with E-state index in [1.54, 1.807) is 4.90 Å². The van der Waals surface area contributed by atoms with Gasteiger partial charge in [-0.1, -0.05) is 6.07 Å². The number of rotatable bonds is 1. The average Bonchev–Trinajstić information content (AvgIpc) is 2.38. The molecule has 112 valence electrons. The zero-order chi connectivity index (χ0) is 14.0. The van der Waals surface area contributed by atoms with E-state index < -0.39 is 11.7 Å². The summed E-state index contributed by atoms with van der Waals surface area (Å²) in [6, 6.07) is 4.60. The van der Waals surface area contributed by atoms with Crippen LogP contribution in [0.1, 0.15) is 28.8 Å². The van der Waals surface area contributed by atoms with E-state index in [0.29, 0.717) is 25.9 Å². The monoisotopic (exact) mass is 308 g/mol. The smallest absolute Gasteiger partial charge is 0.339 e. The van der Waals surface area contributed by atoms with Gasteiger partial charge in [-0.05, 0) is 31.0 Å². The molecule has 0 aliphatic carbocycles. The first-order valence-corrected chi connectivity index (χ1v) is 6.10. The normalized spacial score (nSPS) is 16.7. The summed E-state index contributed by atoms with van der Waals surface area (Å²) in [5.74, 6) is -0.363. The fourth-order valence-electron chi connectivity index (χ4n) is 2.11. The molecule has 0 saturated carbocycles. The molecule has 2 N–H and O–H groups in total. The second-order valence-corrected chi connectivity index (χ2v) is 4.71. The highest BCUT2D eigenvalue weighted by molar-refractivity contribution is 5.94. The van der Waals surface area contributed by atoms with Crippen LogP contribution in [0.3, 0.4) is 0 Å². The molecule has 0 spiro atoms. The van der Waals surface area contributed by atoms with Crippen LogP contribution in [0, 0.1) is 0 Å². The van der Waals surface area contributed by atoms with Gasteiger partial charge in [-0.3, -0.25) is 4.79 Å². The first-order chi connectivity index (χ1) is 8.88. The van der Waals surface area contributed by atoms with Crippen LogP contribution in [-0.4, -0.2) is 29.9 Å². The molecule has 1 aliphatic rings. The summed E-state index contributed by atoms with van der Waals surface area (Å²) in [4.78, 5) is 13.7. The number of nitrogens with two attached hydrogens (primary N) is 1. The molecule has 0 bridgehead atoms. The Balaban J connectivity index is 0.00000200. The second-order valence-electron chi connectivity index (χ2n) is 4.71. The summed E-state index contributed by atoms with van der Waals surface area (Å²) >= 11 is 0. The van der Waals surface area contributed by atoms with Crippen LogP contribution in [0.2, 0.25) is 0 Å². The number of benzene rings is 1. The van der Waals surface area contributed by atoms with Crippen LogP contribution in [0.25, 0.3) is 0 Å². The summed E-state index contributed by atoms with van der Waals surface area (Å²) in [5, 5.41) is 0. The highest BCUT2D eigenvalue weighted by Gasteiger charge is 2.31. The number of alkyl halides is 3. The van der Waals surface area contributed by atoms with Gasteiger partial charge in [-0.25, -0.2) is 0 Å². The average molecular weight is 309 g/mol. The van der Waals surface area contributed by atoms with Crippen molar-refractivity contribution in [3.63, 3.8) is 0 Å². The lowest BCUT2D eigenvalue weighted by Gasteiger charge is -2.30. The number of carbonyl (C=O) groups excluding carboxylic acids is 1. The second kappa shape index (κ2) is 6.45. The lowest BCUT2D eigenvalue weighted by Crippen LogP contribution is -2.42. The number of halogens is 4. The molecular weight excluding hydrogens is 293 g/mol. The number of hydrogen-bond donors (Lipinski definition) is 1. The summed E-state index contributed by atoms with van der Waals surface area (Å²) in [5.41, 5.74) is 5.01. The van der Waals surface area contributed by atoms with Crippen molar-refractivity contribution in [2.45, 2.75) is 25.1 Å². The SMILES string of the molecule is Cl.NC1CCN(C(=O)c2cccc(C(F)(F)F)c2)CC1. The minimum absolute atomic E-state index is 0.